The van der Waals surface area contributed by atoms with Crippen LogP contribution in [0.4, 0.5) is 0 Å². The molecule has 0 bridgehead atoms. The van der Waals surface area contributed by atoms with Gasteiger partial charge in [0.05, 0.1) is 31.5 Å². The first-order valence-electron chi connectivity index (χ1n) is 8.57. The van der Waals surface area contributed by atoms with E-state index in [1.165, 1.54) is 0 Å². The number of hydrogen-bond donors (Lipinski definition) is 4. The minimum absolute atomic E-state index is 0.174. The summed E-state index contributed by atoms with van der Waals surface area (Å²) in [6.45, 7) is 3.21. The van der Waals surface area contributed by atoms with Gasteiger partial charge >= 0.3 is 5.97 Å². The normalized spacial score (nSPS) is 11.0. The van der Waals surface area contributed by atoms with Crippen LogP contribution in [-0.2, 0) is 31.0 Å². The molecule has 0 amide bonds. The summed E-state index contributed by atoms with van der Waals surface area (Å²) < 4.78 is 5.17. The first kappa shape index (κ1) is 20.5. The number of carbonyl (C=O) groups excluding carboxylic acids is 1. The fourth-order valence-corrected chi connectivity index (χ4v) is 3.32. The van der Waals surface area contributed by atoms with Crippen LogP contribution >= 0.6 is 11.6 Å². The predicted octanol–water partition coefficient (Wildman–Crippen LogP) is 2.94. The molecule has 0 unspecified atom stereocenters. The van der Waals surface area contributed by atoms with E-state index in [9.17, 15) is 20.1 Å². The lowest BCUT2D eigenvalue weighted by Crippen LogP contribution is -2.07. The van der Waals surface area contributed by atoms with Crippen molar-refractivity contribution in [2.75, 3.05) is 6.61 Å². The Hall–Kier alpha value is -1.86. The number of aromatic amines is 1. The summed E-state index contributed by atoms with van der Waals surface area (Å²) in [4.78, 5) is 15.3. The smallest absolute Gasteiger partial charge is 0.356 e. The number of nitrogens with one attached hydrogen (secondary N) is 1. The third kappa shape index (κ3) is 3.78. The third-order valence-corrected chi connectivity index (χ3v) is 4.67. The van der Waals surface area contributed by atoms with Crippen LogP contribution in [0.15, 0.2) is 12.1 Å². The van der Waals surface area contributed by atoms with Gasteiger partial charge < -0.3 is 25.0 Å². The van der Waals surface area contributed by atoms with Crippen molar-refractivity contribution in [2.24, 2.45) is 0 Å². The van der Waals surface area contributed by atoms with Gasteiger partial charge in [-0.15, -0.1) is 0 Å². The molecule has 4 N–H and O–H groups in total. The van der Waals surface area contributed by atoms with E-state index in [1.807, 2.05) is 13.8 Å². The summed E-state index contributed by atoms with van der Waals surface area (Å²) in [5.41, 5.74) is 3.58. The zero-order chi connectivity index (χ0) is 19.3. The number of halogens is 1. The molecule has 0 atom stereocenters. The number of aromatic nitrogens is 1. The average Bonchev–Trinajstić information content (AvgIpc) is 3.00. The molecule has 2 aromatic rings. The number of carbonyl (C=O) groups is 1. The highest BCUT2D eigenvalue weighted by Crippen LogP contribution is 2.39. The predicted molar refractivity (Wildman–Crippen MR) is 99.0 cm³/mol. The standard InChI is InChI=1S/C19H24ClNO5/c1-3-7-26-19(25)18-17(20)16(15(4-2)21-18)12-6-5-11(8-22)13(9-23)14(12)10-24/h5-6,21-24H,3-4,7-10H2,1-2H3. The van der Waals surface area contributed by atoms with Crippen molar-refractivity contribution in [2.45, 2.75) is 46.5 Å². The van der Waals surface area contributed by atoms with E-state index in [0.717, 1.165) is 5.69 Å². The van der Waals surface area contributed by atoms with Crippen molar-refractivity contribution in [1.82, 2.24) is 4.98 Å². The SMILES string of the molecule is CCCOC(=O)c1[nH]c(CC)c(-c2ccc(CO)c(CO)c2CO)c1Cl. The summed E-state index contributed by atoms with van der Waals surface area (Å²) in [5, 5.41) is 29.2. The molecule has 0 radical (unpaired) electrons. The molecule has 6 nitrogen and oxygen atoms in total. The number of H-pyrrole nitrogens is 1. The van der Waals surface area contributed by atoms with E-state index < -0.39 is 5.97 Å². The van der Waals surface area contributed by atoms with Crippen LogP contribution in [0.3, 0.4) is 0 Å². The fourth-order valence-electron chi connectivity index (χ4n) is 2.98. The largest absolute Gasteiger partial charge is 0.461 e. The molecule has 1 heterocycles. The molecule has 0 saturated heterocycles. The zero-order valence-electron chi connectivity index (χ0n) is 14.9. The van der Waals surface area contributed by atoms with Crippen LogP contribution in [0.5, 0.6) is 0 Å². The van der Waals surface area contributed by atoms with Gasteiger partial charge in [0, 0.05) is 11.3 Å². The van der Waals surface area contributed by atoms with Gasteiger partial charge in [0.15, 0.2) is 0 Å². The molecule has 0 aliphatic heterocycles. The molecule has 2 rings (SSSR count). The number of hydrogen-bond acceptors (Lipinski definition) is 5. The molecule has 7 heteroatoms. The van der Waals surface area contributed by atoms with Crippen molar-refractivity contribution in [1.29, 1.82) is 0 Å². The van der Waals surface area contributed by atoms with Crippen LogP contribution in [-0.4, -0.2) is 32.9 Å². The Kier molecular flexibility index (Phi) is 7.23. The molecular formula is C19H24ClNO5. The first-order valence-corrected chi connectivity index (χ1v) is 8.95. The highest BCUT2D eigenvalue weighted by molar-refractivity contribution is 6.36. The maximum atomic E-state index is 12.3. The van der Waals surface area contributed by atoms with Crippen LogP contribution < -0.4 is 0 Å². The molecule has 0 fully saturated rings. The van der Waals surface area contributed by atoms with Crippen molar-refractivity contribution >= 4 is 17.6 Å². The van der Waals surface area contributed by atoms with Gasteiger partial charge in [-0.1, -0.05) is 37.6 Å². The van der Waals surface area contributed by atoms with E-state index in [1.54, 1.807) is 12.1 Å². The van der Waals surface area contributed by atoms with Gasteiger partial charge in [-0.05, 0) is 35.1 Å². The molecule has 0 spiro atoms. The van der Waals surface area contributed by atoms with Crippen LogP contribution in [0, 0.1) is 0 Å². The maximum absolute atomic E-state index is 12.3. The number of benzene rings is 1. The van der Waals surface area contributed by atoms with E-state index in [0.29, 0.717) is 47.3 Å². The average molecular weight is 382 g/mol. The Balaban J connectivity index is 2.65. The van der Waals surface area contributed by atoms with Gasteiger partial charge in [-0.2, -0.15) is 0 Å². The van der Waals surface area contributed by atoms with Crippen molar-refractivity contribution < 1.29 is 24.9 Å². The molecule has 0 aliphatic rings. The Morgan fingerprint density at radius 2 is 1.81 bits per heavy atom. The minimum atomic E-state index is -0.530. The Morgan fingerprint density at radius 1 is 1.12 bits per heavy atom. The van der Waals surface area contributed by atoms with Crippen molar-refractivity contribution in [3.05, 3.63) is 45.2 Å². The Labute approximate surface area is 157 Å². The molecular weight excluding hydrogens is 358 g/mol. The number of esters is 1. The van der Waals surface area contributed by atoms with Gasteiger partial charge in [0.1, 0.15) is 5.69 Å². The number of rotatable bonds is 8. The minimum Gasteiger partial charge on any atom is -0.461 e. The molecule has 26 heavy (non-hydrogen) atoms. The van der Waals surface area contributed by atoms with Gasteiger partial charge in [0.25, 0.3) is 0 Å². The summed E-state index contributed by atoms with van der Waals surface area (Å²) in [7, 11) is 0. The lowest BCUT2D eigenvalue weighted by molar-refractivity contribution is 0.0499. The van der Waals surface area contributed by atoms with Crippen molar-refractivity contribution in [3.63, 3.8) is 0 Å². The summed E-state index contributed by atoms with van der Waals surface area (Å²) in [6, 6.07) is 3.41. The molecule has 0 saturated carbocycles. The third-order valence-electron chi connectivity index (χ3n) is 4.30. The van der Waals surface area contributed by atoms with Crippen LogP contribution in [0.1, 0.15) is 53.1 Å². The van der Waals surface area contributed by atoms with Crippen LogP contribution in [0.2, 0.25) is 5.02 Å². The number of aliphatic hydroxyl groups is 3. The molecule has 142 valence electrons. The topological polar surface area (TPSA) is 103 Å². The summed E-state index contributed by atoms with van der Waals surface area (Å²) in [5.74, 6) is -0.530. The van der Waals surface area contributed by atoms with E-state index in [4.69, 9.17) is 16.3 Å². The monoisotopic (exact) mass is 381 g/mol. The maximum Gasteiger partial charge on any atom is 0.356 e. The Bertz CT molecular complexity index is 785. The van der Waals surface area contributed by atoms with Crippen LogP contribution in [0.25, 0.3) is 11.1 Å². The van der Waals surface area contributed by atoms with E-state index >= 15 is 0 Å². The molecule has 1 aromatic heterocycles. The number of aryl methyl sites for hydroxylation is 1. The lowest BCUT2D eigenvalue weighted by Gasteiger charge is -2.16. The first-order chi connectivity index (χ1) is 12.5. The Morgan fingerprint density at radius 3 is 2.35 bits per heavy atom. The summed E-state index contributed by atoms with van der Waals surface area (Å²) >= 11 is 6.49. The number of aliphatic hydroxyl groups excluding tert-OH is 3. The number of ether oxygens (including phenoxy) is 1. The lowest BCUT2D eigenvalue weighted by atomic mass is 9.92. The molecule has 0 aliphatic carbocycles. The highest BCUT2D eigenvalue weighted by atomic mass is 35.5. The quantitative estimate of drug-likeness (QED) is 0.526. The van der Waals surface area contributed by atoms with E-state index in [2.05, 4.69) is 4.98 Å². The van der Waals surface area contributed by atoms with Gasteiger partial charge in [-0.25, -0.2) is 4.79 Å². The van der Waals surface area contributed by atoms with Gasteiger partial charge in [-0.3, -0.25) is 0 Å². The molecule has 1 aromatic carbocycles. The zero-order valence-corrected chi connectivity index (χ0v) is 15.7. The van der Waals surface area contributed by atoms with Crippen molar-refractivity contribution in [3.8, 4) is 11.1 Å². The highest BCUT2D eigenvalue weighted by Gasteiger charge is 2.25. The summed E-state index contributed by atoms with van der Waals surface area (Å²) in [6.07, 6.45) is 1.28. The van der Waals surface area contributed by atoms with Gasteiger partial charge in [0.2, 0.25) is 0 Å². The van der Waals surface area contributed by atoms with E-state index in [-0.39, 0.29) is 30.5 Å². The fraction of sp³-hybridized carbons (Fsp3) is 0.421. The second-order valence-corrected chi connectivity index (χ2v) is 6.24. The second-order valence-electron chi connectivity index (χ2n) is 5.86. The second kappa shape index (κ2) is 9.19.